The second-order valence-corrected chi connectivity index (χ2v) is 11.5. The van der Waals surface area contributed by atoms with Crippen molar-refractivity contribution in [1.29, 1.82) is 0 Å². The van der Waals surface area contributed by atoms with Gasteiger partial charge in [-0.15, -0.1) is 0 Å². The smallest absolute Gasteiger partial charge is 0.103 e. The van der Waals surface area contributed by atoms with Crippen LogP contribution in [-0.2, 0) is 0 Å². The van der Waals surface area contributed by atoms with Crippen molar-refractivity contribution < 1.29 is 4.39 Å². The maximum Gasteiger partial charge on any atom is 0.103 e. The second kappa shape index (κ2) is 9.17. The number of hydrogen-bond donors (Lipinski definition) is 0. The van der Waals surface area contributed by atoms with Gasteiger partial charge in [0.15, 0.2) is 0 Å². The van der Waals surface area contributed by atoms with Crippen molar-refractivity contribution in [1.82, 2.24) is 0 Å². The molecule has 0 bridgehead atoms. The van der Waals surface area contributed by atoms with Gasteiger partial charge in [-0.25, -0.2) is 4.39 Å². The molecular formula is C26H45F. The van der Waals surface area contributed by atoms with Gasteiger partial charge in [-0.3, -0.25) is 0 Å². The molecule has 0 aromatic heterocycles. The molecule has 0 spiro atoms. The molecule has 0 aliphatic heterocycles. The normalized spacial score (nSPS) is 49.7. The standard InChI is InChI=1S/C26H45F/c1-18-3-7-20(8-4-18)21-11-13-23(14-12-21)25-16-15-24(17-26(25)27)22-9-5-19(2)6-10-22/h18-26H,3-17H2,1-2H3/t18?,19?,20?,21?,22?,23?,24-,25-,26-/m1/s1. The van der Waals surface area contributed by atoms with Gasteiger partial charge in [0.05, 0.1) is 0 Å². The van der Waals surface area contributed by atoms with E-state index in [1.54, 1.807) is 0 Å². The fraction of sp³-hybridized carbons (Fsp3) is 1.00. The molecule has 0 nitrogen and oxygen atoms in total. The summed E-state index contributed by atoms with van der Waals surface area (Å²) < 4.78 is 15.2. The van der Waals surface area contributed by atoms with Gasteiger partial charge in [0.2, 0.25) is 0 Å². The quantitative estimate of drug-likeness (QED) is 0.465. The van der Waals surface area contributed by atoms with Crippen molar-refractivity contribution in [2.45, 2.75) is 116 Å². The van der Waals surface area contributed by atoms with E-state index in [0.717, 1.165) is 36.0 Å². The predicted molar refractivity (Wildman–Crippen MR) is 113 cm³/mol. The van der Waals surface area contributed by atoms with E-state index in [9.17, 15) is 0 Å². The molecule has 0 saturated heterocycles. The summed E-state index contributed by atoms with van der Waals surface area (Å²) in [6.07, 6.45) is 19.9. The SMILES string of the molecule is CC1CCC(C2CCC([C@H]3CC[C@@H](C4CCC(C)CC4)C[C@H]3F)CC2)CC1. The highest BCUT2D eigenvalue weighted by atomic mass is 19.1. The summed E-state index contributed by atoms with van der Waals surface area (Å²) in [5.74, 6) is 6.56. The molecule has 0 aromatic carbocycles. The van der Waals surface area contributed by atoms with Crippen LogP contribution in [0.2, 0.25) is 0 Å². The maximum atomic E-state index is 15.2. The highest BCUT2D eigenvalue weighted by Crippen LogP contribution is 2.48. The lowest BCUT2D eigenvalue weighted by Crippen LogP contribution is -2.37. The Kier molecular flexibility index (Phi) is 6.86. The van der Waals surface area contributed by atoms with Gasteiger partial charge in [0, 0.05) is 0 Å². The Morgan fingerprint density at radius 1 is 0.444 bits per heavy atom. The van der Waals surface area contributed by atoms with Gasteiger partial charge in [0.25, 0.3) is 0 Å². The molecule has 0 amide bonds. The van der Waals surface area contributed by atoms with E-state index < -0.39 is 6.17 Å². The second-order valence-electron chi connectivity index (χ2n) is 11.5. The molecule has 0 aromatic rings. The molecule has 4 saturated carbocycles. The molecule has 3 atom stereocenters. The molecule has 4 aliphatic rings. The zero-order chi connectivity index (χ0) is 18.8. The van der Waals surface area contributed by atoms with Crippen LogP contribution in [0.5, 0.6) is 0 Å². The Morgan fingerprint density at radius 2 is 0.815 bits per heavy atom. The third-order valence-corrected chi connectivity index (χ3v) is 9.74. The first-order chi connectivity index (χ1) is 13.1. The third kappa shape index (κ3) is 4.92. The summed E-state index contributed by atoms with van der Waals surface area (Å²) in [6.45, 7) is 4.83. The minimum Gasteiger partial charge on any atom is -0.247 e. The van der Waals surface area contributed by atoms with Crippen molar-refractivity contribution in [3.05, 3.63) is 0 Å². The lowest BCUT2D eigenvalue weighted by Gasteiger charge is -2.44. The summed E-state index contributed by atoms with van der Waals surface area (Å²) in [7, 11) is 0. The van der Waals surface area contributed by atoms with Gasteiger partial charge >= 0.3 is 0 Å². The van der Waals surface area contributed by atoms with E-state index in [1.807, 2.05) is 0 Å². The monoisotopic (exact) mass is 376 g/mol. The first-order valence-electron chi connectivity index (χ1n) is 12.7. The molecular weight excluding hydrogens is 331 g/mol. The summed E-state index contributed by atoms with van der Waals surface area (Å²) in [4.78, 5) is 0. The molecule has 1 heteroatoms. The van der Waals surface area contributed by atoms with Gasteiger partial charge in [0.1, 0.15) is 6.17 Å². The molecule has 0 heterocycles. The largest absolute Gasteiger partial charge is 0.247 e. The van der Waals surface area contributed by atoms with Crippen molar-refractivity contribution in [3.63, 3.8) is 0 Å². The molecule has 4 aliphatic carbocycles. The fourth-order valence-corrected chi connectivity index (χ4v) is 7.69. The Morgan fingerprint density at radius 3 is 1.30 bits per heavy atom. The van der Waals surface area contributed by atoms with Crippen LogP contribution in [0.25, 0.3) is 0 Å². The predicted octanol–water partition coefficient (Wildman–Crippen LogP) is 8.20. The van der Waals surface area contributed by atoms with Crippen molar-refractivity contribution in [2.75, 3.05) is 0 Å². The van der Waals surface area contributed by atoms with E-state index in [2.05, 4.69) is 13.8 Å². The number of halogens is 1. The van der Waals surface area contributed by atoms with Crippen LogP contribution in [0.4, 0.5) is 4.39 Å². The summed E-state index contributed by atoms with van der Waals surface area (Å²) in [6, 6.07) is 0. The van der Waals surface area contributed by atoms with Gasteiger partial charge in [-0.1, -0.05) is 39.5 Å². The van der Waals surface area contributed by atoms with Crippen molar-refractivity contribution >= 4 is 0 Å². The molecule has 0 unspecified atom stereocenters. The molecule has 0 N–H and O–H groups in total. The maximum absolute atomic E-state index is 15.2. The van der Waals surface area contributed by atoms with Crippen molar-refractivity contribution in [3.8, 4) is 0 Å². The van der Waals surface area contributed by atoms with Gasteiger partial charge < -0.3 is 0 Å². The molecule has 4 fully saturated rings. The molecule has 156 valence electrons. The number of rotatable bonds is 3. The third-order valence-electron chi connectivity index (χ3n) is 9.74. The number of hydrogen-bond acceptors (Lipinski definition) is 0. The van der Waals surface area contributed by atoms with E-state index in [-0.39, 0.29) is 0 Å². The van der Waals surface area contributed by atoms with Crippen LogP contribution in [0.1, 0.15) is 110 Å². The lowest BCUT2D eigenvalue weighted by molar-refractivity contribution is 0.0273. The average molecular weight is 377 g/mol. The Labute approximate surface area is 168 Å². The minimum atomic E-state index is -0.486. The first-order valence-corrected chi connectivity index (χ1v) is 12.7. The Balaban J connectivity index is 1.22. The first kappa shape index (κ1) is 20.2. The Bertz CT molecular complexity index is 435. The zero-order valence-corrected chi connectivity index (χ0v) is 18.2. The summed E-state index contributed by atoms with van der Waals surface area (Å²) >= 11 is 0. The fourth-order valence-electron chi connectivity index (χ4n) is 7.69. The average Bonchev–Trinajstić information content (AvgIpc) is 2.69. The van der Waals surface area contributed by atoms with Crippen LogP contribution in [0.3, 0.4) is 0 Å². The Hall–Kier alpha value is -0.0700. The van der Waals surface area contributed by atoms with Crippen LogP contribution >= 0.6 is 0 Å². The summed E-state index contributed by atoms with van der Waals surface area (Å²) in [5, 5.41) is 0. The molecule has 0 radical (unpaired) electrons. The van der Waals surface area contributed by atoms with E-state index >= 15 is 4.39 Å². The topological polar surface area (TPSA) is 0 Å². The highest BCUT2D eigenvalue weighted by Gasteiger charge is 2.40. The zero-order valence-electron chi connectivity index (χ0n) is 18.2. The van der Waals surface area contributed by atoms with Crippen molar-refractivity contribution in [2.24, 2.45) is 47.3 Å². The van der Waals surface area contributed by atoms with Crippen LogP contribution < -0.4 is 0 Å². The molecule has 4 rings (SSSR count). The van der Waals surface area contributed by atoms with Crippen LogP contribution in [0, 0.1) is 47.3 Å². The van der Waals surface area contributed by atoms with E-state index in [4.69, 9.17) is 0 Å². The molecule has 27 heavy (non-hydrogen) atoms. The minimum absolute atomic E-state index is 0.413. The number of alkyl halides is 1. The van der Waals surface area contributed by atoms with Crippen LogP contribution in [-0.4, -0.2) is 6.17 Å². The van der Waals surface area contributed by atoms with Crippen LogP contribution in [0.15, 0.2) is 0 Å². The van der Waals surface area contributed by atoms with E-state index in [0.29, 0.717) is 17.8 Å². The highest BCUT2D eigenvalue weighted by molar-refractivity contribution is 4.91. The van der Waals surface area contributed by atoms with Gasteiger partial charge in [-0.2, -0.15) is 0 Å². The van der Waals surface area contributed by atoms with Gasteiger partial charge in [-0.05, 0) is 118 Å². The lowest BCUT2D eigenvalue weighted by atomic mass is 9.62. The van der Waals surface area contributed by atoms with E-state index in [1.165, 1.54) is 89.9 Å². The summed E-state index contributed by atoms with van der Waals surface area (Å²) in [5.41, 5.74) is 0.